The van der Waals surface area contributed by atoms with Crippen molar-refractivity contribution < 1.29 is 0 Å². The lowest BCUT2D eigenvalue weighted by Gasteiger charge is -2.08. The SMILES string of the molecule is CCCNCc1ccnc(-n2ccnc2CCC)c1. The second-order valence-corrected chi connectivity index (χ2v) is 4.66. The molecule has 2 heterocycles. The smallest absolute Gasteiger partial charge is 0.138 e. The Balaban J connectivity index is 2.15. The highest BCUT2D eigenvalue weighted by Gasteiger charge is 2.05. The van der Waals surface area contributed by atoms with Crippen molar-refractivity contribution in [1.82, 2.24) is 19.9 Å². The molecule has 0 saturated carbocycles. The van der Waals surface area contributed by atoms with Gasteiger partial charge in [-0.2, -0.15) is 0 Å². The van der Waals surface area contributed by atoms with Crippen molar-refractivity contribution >= 4 is 0 Å². The van der Waals surface area contributed by atoms with E-state index in [9.17, 15) is 0 Å². The monoisotopic (exact) mass is 258 g/mol. The molecular formula is C15H22N4. The Bertz CT molecular complexity index is 504. The Morgan fingerprint density at radius 1 is 1.16 bits per heavy atom. The molecular weight excluding hydrogens is 236 g/mol. The minimum Gasteiger partial charge on any atom is -0.313 e. The van der Waals surface area contributed by atoms with Crippen molar-refractivity contribution in [3.63, 3.8) is 0 Å². The van der Waals surface area contributed by atoms with Crippen LogP contribution >= 0.6 is 0 Å². The van der Waals surface area contributed by atoms with Gasteiger partial charge in [-0.1, -0.05) is 13.8 Å². The molecule has 4 nitrogen and oxygen atoms in total. The first-order valence-corrected chi connectivity index (χ1v) is 7.03. The third-order valence-corrected chi connectivity index (χ3v) is 3.00. The molecule has 0 unspecified atom stereocenters. The summed E-state index contributed by atoms with van der Waals surface area (Å²) in [5.41, 5.74) is 1.26. The van der Waals surface area contributed by atoms with Gasteiger partial charge in [0.2, 0.25) is 0 Å². The summed E-state index contributed by atoms with van der Waals surface area (Å²) in [5.74, 6) is 2.03. The molecule has 0 amide bonds. The highest BCUT2D eigenvalue weighted by Crippen LogP contribution is 2.11. The van der Waals surface area contributed by atoms with Crippen molar-refractivity contribution in [3.05, 3.63) is 42.1 Å². The molecule has 1 N–H and O–H groups in total. The zero-order valence-electron chi connectivity index (χ0n) is 11.8. The van der Waals surface area contributed by atoms with Gasteiger partial charge >= 0.3 is 0 Å². The summed E-state index contributed by atoms with van der Waals surface area (Å²) in [6.07, 6.45) is 8.92. The first-order chi connectivity index (χ1) is 9.35. The van der Waals surface area contributed by atoms with Crippen molar-refractivity contribution in [2.45, 2.75) is 39.7 Å². The van der Waals surface area contributed by atoms with Crippen molar-refractivity contribution in [2.24, 2.45) is 0 Å². The Kier molecular flexibility index (Phi) is 5.10. The van der Waals surface area contributed by atoms with Crippen LogP contribution in [0.5, 0.6) is 0 Å². The van der Waals surface area contributed by atoms with E-state index >= 15 is 0 Å². The van der Waals surface area contributed by atoms with Gasteiger partial charge in [0, 0.05) is 31.6 Å². The molecule has 0 saturated heterocycles. The quantitative estimate of drug-likeness (QED) is 0.776. The summed E-state index contributed by atoms with van der Waals surface area (Å²) in [4.78, 5) is 8.84. The highest BCUT2D eigenvalue weighted by molar-refractivity contribution is 5.29. The van der Waals surface area contributed by atoms with Gasteiger partial charge < -0.3 is 5.32 Å². The van der Waals surface area contributed by atoms with Crippen molar-refractivity contribution in [2.75, 3.05) is 6.54 Å². The fourth-order valence-corrected chi connectivity index (χ4v) is 2.06. The van der Waals surface area contributed by atoms with Crippen LogP contribution in [0.3, 0.4) is 0 Å². The zero-order chi connectivity index (χ0) is 13.5. The maximum Gasteiger partial charge on any atom is 0.138 e. The molecule has 0 fully saturated rings. The van der Waals surface area contributed by atoms with E-state index in [1.54, 1.807) is 0 Å². The Morgan fingerprint density at radius 3 is 2.84 bits per heavy atom. The number of hydrogen-bond acceptors (Lipinski definition) is 3. The average Bonchev–Trinajstić information content (AvgIpc) is 2.88. The van der Waals surface area contributed by atoms with Gasteiger partial charge in [0.05, 0.1) is 0 Å². The van der Waals surface area contributed by atoms with E-state index < -0.39 is 0 Å². The number of rotatable bonds is 7. The van der Waals surface area contributed by atoms with Gasteiger partial charge in [-0.05, 0) is 37.1 Å². The molecule has 2 rings (SSSR count). The molecule has 2 aromatic heterocycles. The number of aryl methyl sites for hydroxylation is 1. The summed E-state index contributed by atoms with van der Waals surface area (Å²) < 4.78 is 2.08. The maximum absolute atomic E-state index is 4.45. The average molecular weight is 258 g/mol. The minimum absolute atomic E-state index is 0.890. The molecule has 0 aliphatic rings. The largest absolute Gasteiger partial charge is 0.313 e. The predicted molar refractivity (Wildman–Crippen MR) is 77.4 cm³/mol. The van der Waals surface area contributed by atoms with Gasteiger partial charge in [-0.15, -0.1) is 0 Å². The number of pyridine rings is 1. The summed E-state index contributed by atoms with van der Waals surface area (Å²) in [6, 6.07) is 4.19. The Labute approximate surface area is 114 Å². The molecule has 0 aliphatic carbocycles. The molecule has 19 heavy (non-hydrogen) atoms. The second kappa shape index (κ2) is 7.04. The van der Waals surface area contributed by atoms with Gasteiger partial charge in [-0.25, -0.2) is 9.97 Å². The van der Waals surface area contributed by atoms with E-state index in [4.69, 9.17) is 0 Å². The zero-order valence-corrected chi connectivity index (χ0v) is 11.8. The van der Waals surface area contributed by atoms with E-state index in [0.29, 0.717) is 0 Å². The van der Waals surface area contributed by atoms with Crippen LogP contribution in [-0.2, 0) is 13.0 Å². The van der Waals surface area contributed by atoms with E-state index in [1.807, 2.05) is 18.6 Å². The second-order valence-electron chi connectivity index (χ2n) is 4.66. The van der Waals surface area contributed by atoms with Crippen LogP contribution in [0.1, 0.15) is 38.1 Å². The minimum atomic E-state index is 0.890. The normalized spacial score (nSPS) is 10.8. The molecule has 0 bridgehead atoms. The van der Waals surface area contributed by atoms with Crippen LogP contribution in [0.2, 0.25) is 0 Å². The summed E-state index contributed by atoms with van der Waals surface area (Å²) in [6.45, 7) is 6.27. The number of hydrogen-bond donors (Lipinski definition) is 1. The first kappa shape index (κ1) is 13.7. The van der Waals surface area contributed by atoms with Gasteiger partial charge in [0.25, 0.3) is 0 Å². The number of nitrogens with one attached hydrogen (secondary N) is 1. The molecule has 2 aromatic rings. The van der Waals surface area contributed by atoms with E-state index in [-0.39, 0.29) is 0 Å². The van der Waals surface area contributed by atoms with Gasteiger partial charge in [0.1, 0.15) is 11.6 Å². The van der Waals surface area contributed by atoms with E-state index in [2.05, 4.69) is 45.8 Å². The number of aromatic nitrogens is 3. The van der Waals surface area contributed by atoms with Gasteiger partial charge in [0.15, 0.2) is 0 Å². The molecule has 0 spiro atoms. The molecule has 0 atom stereocenters. The number of nitrogens with zero attached hydrogens (tertiary/aromatic N) is 3. The summed E-state index contributed by atoms with van der Waals surface area (Å²) in [7, 11) is 0. The third-order valence-electron chi connectivity index (χ3n) is 3.00. The van der Waals surface area contributed by atoms with Crippen LogP contribution in [-0.4, -0.2) is 21.1 Å². The Morgan fingerprint density at radius 2 is 2.05 bits per heavy atom. The molecule has 0 radical (unpaired) electrons. The third kappa shape index (κ3) is 3.64. The van der Waals surface area contributed by atoms with Crippen LogP contribution < -0.4 is 5.32 Å². The molecule has 0 aromatic carbocycles. The number of imidazole rings is 1. The molecule has 0 aliphatic heterocycles. The summed E-state index contributed by atoms with van der Waals surface area (Å²) in [5, 5.41) is 3.41. The van der Waals surface area contributed by atoms with Crippen LogP contribution in [0.15, 0.2) is 30.7 Å². The predicted octanol–water partition coefficient (Wildman–Crippen LogP) is 2.72. The lowest BCUT2D eigenvalue weighted by molar-refractivity contribution is 0.674. The highest BCUT2D eigenvalue weighted by atomic mass is 15.1. The van der Waals surface area contributed by atoms with Crippen molar-refractivity contribution in [1.29, 1.82) is 0 Å². The van der Waals surface area contributed by atoms with E-state index in [0.717, 1.165) is 44.0 Å². The maximum atomic E-state index is 4.45. The molecule has 4 heteroatoms. The first-order valence-electron chi connectivity index (χ1n) is 7.03. The fourth-order valence-electron chi connectivity index (χ4n) is 2.06. The standard InChI is InChI=1S/C15H22N4/c1-3-5-14-18-9-10-19(14)15-11-13(6-8-17-15)12-16-7-4-2/h6,8-11,16H,3-5,7,12H2,1-2H3. The van der Waals surface area contributed by atoms with Crippen LogP contribution in [0.25, 0.3) is 5.82 Å². The lowest BCUT2D eigenvalue weighted by Crippen LogP contribution is -2.14. The fraction of sp³-hybridized carbons (Fsp3) is 0.467. The molecule has 102 valence electrons. The lowest BCUT2D eigenvalue weighted by atomic mass is 10.2. The Hall–Kier alpha value is -1.68. The van der Waals surface area contributed by atoms with Crippen molar-refractivity contribution in [3.8, 4) is 5.82 Å². The van der Waals surface area contributed by atoms with Crippen LogP contribution in [0, 0.1) is 0 Å². The topological polar surface area (TPSA) is 42.7 Å². The van der Waals surface area contributed by atoms with Crippen LogP contribution in [0.4, 0.5) is 0 Å². The summed E-state index contributed by atoms with van der Waals surface area (Å²) >= 11 is 0. The van der Waals surface area contributed by atoms with E-state index in [1.165, 1.54) is 5.56 Å². The van der Waals surface area contributed by atoms with Gasteiger partial charge in [-0.3, -0.25) is 4.57 Å².